The van der Waals surface area contributed by atoms with Crippen LogP contribution in [0.1, 0.15) is 18.2 Å². The van der Waals surface area contributed by atoms with Crippen molar-refractivity contribution in [2.75, 3.05) is 0 Å². The molecule has 1 aromatic heterocycles. The van der Waals surface area contributed by atoms with Gasteiger partial charge in [0.15, 0.2) is 0 Å². The molecule has 1 atom stereocenters. The summed E-state index contributed by atoms with van der Waals surface area (Å²) in [4.78, 5) is 19.8. The van der Waals surface area contributed by atoms with Crippen molar-refractivity contribution in [2.24, 2.45) is 0 Å². The maximum Gasteiger partial charge on any atom is 0.244 e. The van der Waals surface area contributed by atoms with Gasteiger partial charge in [-0.3, -0.25) is 14.8 Å². The minimum absolute atomic E-state index is 0.0162. The molecule has 0 aliphatic carbocycles. The average Bonchev–Trinajstić information content (AvgIpc) is 2.46. The summed E-state index contributed by atoms with van der Waals surface area (Å²) < 4.78 is 0. The van der Waals surface area contributed by atoms with Crippen molar-refractivity contribution >= 4 is 23.6 Å². The first-order chi connectivity index (χ1) is 10.1. The van der Waals surface area contributed by atoms with E-state index >= 15 is 0 Å². The van der Waals surface area contributed by atoms with E-state index in [2.05, 4.69) is 15.3 Å². The molecule has 0 saturated carbocycles. The van der Waals surface area contributed by atoms with Gasteiger partial charge in [0.05, 0.1) is 11.9 Å². The van der Waals surface area contributed by atoms with Gasteiger partial charge in [-0.2, -0.15) is 0 Å². The van der Waals surface area contributed by atoms with Gasteiger partial charge < -0.3 is 5.32 Å². The third kappa shape index (κ3) is 5.36. The van der Waals surface area contributed by atoms with Crippen molar-refractivity contribution in [1.82, 2.24) is 15.3 Å². The molecule has 0 radical (unpaired) electrons. The Morgan fingerprint density at radius 1 is 1.43 bits per heavy atom. The zero-order valence-corrected chi connectivity index (χ0v) is 12.4. The van der Waals surface area contributed by atoms with Crippen LogP contribution in [0.4, 0.5) is 0 Å². The molecule has 0 aliphatic rings. The summed E-state index contributed by atoms with van der Waals surface area (Å²) in [6.45, 7) is 1.95. The van der Waals surface area contributed by atoms with Crippen LogP contribution < -0.4 is 5.32 Å². The molecule has 5 heteroatoms. The van der Waals surface area contributed by atoms with E-state index in [4.69, 9.17) is 11.6 Å². The number of hydrogen-bond donors (Lipinski definition) is 1. The summed E-state index contributed by atoms with van der Waals surface area (Å²) in [6, 6.07) is 7.64. The lowest BCUT2D eigenvalue weighted by Crippen LogP contribution is -2.32. The SMILES string of the molecule is C[C@H](Cc1cccc(Cl)c1)NC(=O)/C=C\c1cnccn1. The molecule has 1 N–H and O–H groups in total. The Morgan fingerprint density at radius 3 is 3.00 bits per heavy atom. The fourth-order valence-corrected chi connectivity index (χ4v) is 2.13. The molecule has 2 aromatic rings. The Kier molecular flexibility index (Phi) is 5.46. The highest BCUT2D eigenvalue weighted by molar-refractivity contribution is 6.30. The zero-order valence-electron chi connectivity index (χ0n) is 11.7. The van der Waals surface area contributed by atoms with Crippen LogP contribution in [-0.4, -0.2) is 21.9 Å². The summed E-state index contributed by atoms with van der Waals surface area (Å²) in [7, 11) is 0. The molecule has 1 aromatic carbocycles. The van der Waals surface area contributed by atoms with Gasteiger partial charge in [-0.1, -0.05) is 23.7 Å². The third-order valence-corrected chi connectivity index (χ3v) is 3.04. The number of carbonyl (C=O) groups excluding carboxylic acids is 1. The number of benzene rings is 1. The monoisotopic (exact) mass is 301 g/mol. The second kappa shape index (κ2) is 7.55. The van der Waals surface area contributed by atoms with Gasteiger partial charge >= 0.3 is 0 Å². The highest BCUT2D eigenvalue weighted by atomic mass is 35.5. The Balaban J connectivity index is 1.86. The number of halogens is 1. The molecule has 2 rings (SSSR count). The Bertz CT molecular complexity index is 628. The molecule has 0 unspecified atom stereocenters. The first-order valence-corrected chi connectivity index (χ1v) is 7.00. The van der Waals surface area contributed by atoms with Gasteiger partial charge in [0.1, 0.15) is 0 Å². The molecule has 1 amide bonds. The van der Waals surface area contributed by atoms with Gasteiger partial charge in [0.25, 0.3) is 0 Å². The highest BCUT2D eigenvalue weighted by Gasteiger charge is 2.06. The van der Waals surface area contributed by atoms with Gasteiger partial charge in [0.2, 0.25) is 5.91 Å². The molecule has 0 fully saturated rings. The Hall–Kier alpha value is -2.20. The first kappa shape index (κ1) is 15.2. The van der Waals surface area contributed by atoms with Crippen molar-refractivity contribution in [3.63, 3.8) is 0 Å². The normalized spacial score (nSPS) is 12.3. The maximum absolute atomic E-state index is 11.8. The van der Waals surface area contributed by atoms with Crippen LogP contribution >= 0.6 is 11.6 Å². The van der Waals surface area contributed by atoms with E-state index in [1.54, 1.807) is 24.7 Å². The first-order valence-electron chi connectivity index (χ1n) is 6.62. The van der Waals surface area contributed by atoms with Crippen molar-refractivity contribution in [3.8, 4) is 0 Å². The zero-order chi connectivity index (χ0) is 15.1. The van der Waals surface area contributed by atoms with E-state index in [9.17, 15) is 4.79 Å². The van der Waals surface area contributed by atoms with E-state index < -0.39 is 0 Å². The lowest BCUT2D eigenvalue weighted by molar-refractivity contribution is -0.117. The molecule has 108 valence electrons. The predicted molar refractivity (Wildman–Crippen MR) is 83.8 cm³/mol. The van der Waals surface area contributed by atoms with Crippen LogP contribution in [-0.2, 0) is 11.2 Å². The number of nitrogens with zero attached hydrogens (tertiary/aromatic N) is 2. The molecule has 4 nitrogen and oxygen atoms in total. The van der Waals surface area contributed by atoms with E-state index in [0.717, 1.165) is 12.0 Å². The van der Waals surface area contributed by atoms with Crippen LogP contribution in [0.2, 0.25) is 5.02 Å². The van der Waals surface area contributed by atoms with Crippen LogP contribution in [0, 0.1) is 0 Å². The van der Waals surface area contributed by atoms with E-state index in [-0.39, 0.29) is 11.9 Å². The second-order valence-corrected chi connectivity index (χ2v) is 5.14. The Labute approximate surface area is 128 Å². The van der Waals surface area contributed by atoms with Gasteiger partial charge in [0, 0.05) is 29.5 Å². The summed E-state index contributed by atoms with van der Waals surface area (Å²) in [5.41, 5.74) is 1.74. The molecule has 0 saturated heterocycles. The van der Waals surface area contributed by atoms with E-state index in [0.29, 0.717) is 10.7 Å². The summed E-state index contributed by atoms with van der Waals surface area (Å²) in [5.74, 6) is -0.157. The number of amides is 1. The number of hydrogen-bond acceptors (Lipinski definition) is 3. The quantitative estimate of drug-likeness (QED) is 0.864. The fraction of sp³-hybridized carbons (Fsp3) is 0.188. The van der Waals surface area contributed by atoms with Gasteiger partial charge in [-0.25, -0.2) is 0 Å². The highest BCUT2D eigenvalue weighted by Crippen LogP contribution is 2.12. The summed E-state index contributed by atoms with van der Waals surface area (Å²) >= 11 is 5.94. The van der Waals surface area contributed by atoms with E-state index in [1.165, 1.54) is 6.08 Å². The molecule has 1 heterocycles. The van der Waals surface area contributed by atoms with Gasteiger partial charge in [-0.15, -0.1) is 0 Å². The number of aromatic nitrogens is 2. The number of carbonyl (C=O) groups is 1. The van der Waals surface area contributed by atoms with Gasteiger partial charge in [-0.05, 0) is 37.1 Å². The minimum atomic E-state index is -0.157. The largest absolute Gasteiger partial charge is 0.350 e. The third-order valence-electron chi connectivity index (χ3n) is 2.81. The molecule has 21 heavy (non-hydrogen) atoms. The van der Waals surface area contributed by atoms with Crippen molar-refractivity contribution in [2.45, 2.75) is 19.4 Å². The fourth-order valence-electron chi connectivity index (χ4n) is 1.92. The summed E-state index contributed by atoms with van der Waals surface area (Å²) in [5, 5.41) is 3.60. The van der Waals surface area contributed by atoms with Crippen molar-refractivity contribution in [1.29, 1.82) is 0 Å². The lowest BCUT2D eigenvalue weighted by atomic mass is 10.1. The van der Waals surface area contributed by atoms with Crippen molar-refractivity contribution < 1.29 is 4.79 Å². The number of rotatable bonds is 5. The van der Waals surface area contributed by atoms with Crippen LogP contribution in [0.15, 0.2) is 48.9 Å². The topological polar surface area (TPSA) is 54.9 Å². The van der Waals surface area contributed by atoms with Crippen LogP contribution in [0.3, 0.4) is 0 Å². The molecule has 0 bridgehead atoms. The molecule has 0 spiro atoms. The maximum atomic E-state index is 11.8. The molecule has 0 aliphatic heterocycles. The van der Waals surface area contributed by atoms with Crippen molar-refractivity contribution in [3.05, 3.63) is 65.2 Å². The molecular formula is C16H16ClN3O. The van der Waals surface area contributed by atoms with Crippen LogP contribution in [0.25, 0.3) is 6.08 Å². The minimum Gasteiger partial charge on any atom is -0.350 e. The lowest BCUT2D eigenvalue weighted by Gasteiger charge is -2.12. The van der Waals surface area contributed by atoms with Crippen LogP contribution in [0.5, 0.6) is 0 Å². The smallest absolute Gasteiger partial charge is 0.244 e. The predicted octanol–water partition coefficient (Wildman–Crippen LogP) is 2.89. The standard InChI is InChI=1S/C16H16ClN3O/c1-12(9-13-3-2-4-14(17)10-13)20-16(21)6-5-15-11-18-7-8-19-15/h2-8,10-12H,9H2,1H3,(H,20,21)/b6-5-/t12-/m1/s1. The van der Waals surface area contributed by atoms with E-state index in [1.807, 2.05) is 31.2 Å². The second-order valence-electron chi connectivity index (χ2n) is 4.71. The number of nitrogens with one attached hydrogen (secondary N) is 1. The summed E-state index contributed by atoms with van der Waals surface area (Å²) in [6.07, 6.45) is 8.58. The molecular weight excluding hydrogens is 286 g/mol. The Morgan fingerprint density at radius 2 is 2.29 bits per heavy atom. The average molecular weight is 302 g/mol.